The minimum absolute atomic E-state index is 0.0369. The second-order valence-corrected chi connectivity index (χ2v) is 14.2. The largest absolute Gasteiger partial charge is 0.378 e. The Morgan fingerprint density at radius 3 is 1.79 bits per heavy atom. The summed E-state index contributed by atoms with van der Waals surface area (Å²) in [6.45, 7) is 23.1. The fourth-order valence-corrected chi connectivity index (χ4v) is 4.71. The van der Waals surface area contributed by atoms with Gasteiger partial charge in [0.25, 0.3) is 0 Å². The third kappa shape index (κ3) is 16.0. The van der Waals surface area contributed by atoms with Gasteiger partial charge in [0.2, 0.25) is 0 Å². The van der Waals surface area contributed by atoms with Crippen molar-refractivity contribution < 1.29 is 14.2 Å². The van der Waals surface area contributed by atoms with Crippen molar-refractivity contribution in [3.05, 3.63) is 0 Å². The van der Waals surface area contributed by atoms with Crippen molar-refractivity contribution in [1.82, 2.24) is 0 Å². The molecule has 0 saturated carbocycles. The van der Waals surface area contributed by atoms with Crippen molar-refractivity contribution in [2.45, 2.75) is 135 Å². The van der Waals surface area contributed by atoms with E-state index in [1.165, 1.54) is 0 Å². The summed E-state index contributed by atoms with van der Waals surface area (Å²) < 4.78 is 19.0. The molecule has 4 N–H and O–H groups in total. The number of thiol groups is 2. The Balaban J connectivity index is 5.57. The molecule has 0 bridgehead atoms. The smallest absolute Gasteiger partial charge is 0.108 e. The number of hydrogen-bond donors (Lipinski definition) is 4. The van der Waals surface area contributed by atoms with Gasteiger partial charge >= 0.3 is 0 Å². The normalized spacial score (nSPS) is 19.7. The van der Waals surface area contributed by atoms with Crippen LogP contribution in [0.2, 0.25) is 0 Å². The van der Waals surface area contributed by atoms with E-state index in [0.717, 1.165) is 38.7 Å². The van der Waals surface area contributed by atoms with Crippen LogP contribution in [-0.4, -0.2) is 46.9 Å². The molecular weight excluding hydrogens is 452 g/mol. The van der Waals surface area contributed by atoms with Gasteiger partial charge in [0.05, 0.1) is 23.2 Å². The number of rotatable bonds is 18. The molecule has 0 aromatic carbocycles. The van der Waals surface area contributed by atoms with E-state index in [2.05, 4.69) is 61.1 Å². The summed E-state index contributed by atoms with van der Waals surface area (Å²) >= 11 is 9.38. The molecular formula is C26H56N2O3S2. The molecule has 0 spiro atoms. The van der Waals surface area contributed by atoms with Crippen molar-refractivity contribution in [3.8, 4) is 0 Å². The van der Waals surface area contributed by atoms with E-state index in [9.17, 15) is 0 Å². The van der Waals surface area contributed by atoms with Gasteiger partial charge in [-0.3, -0.25) is 0 Å². The second-order valence-electron chi connectivity index (χ2n) is 12.2. The van der Waals surface area contributed by atoms with Crippen molar-refractivity contribution in [2.24, 2.45) is 22.8 Å². The topological polar surface area (TPSA) is 79.7 Å². The molecule has 0 heterocycles. The number of hydrogen-bond acceptors (Lipinski definition) is 7. The lowest BCUT2D eigenvalue weighted by molar-refractivity contribution is -0.123. The minimum atomic E-state index is -0.603. The molecule has 0 aromatic heterocycles. The van der Waals surface area contributed by atoms with Crippen LogP contribution < -0.4 is 11.5 Å². The zero-order valence-electron chi connectivity index (χ0n) is 23.3. The average Bonchev–Trinajstić information content (AvgIpc) is 2.57. The van der Waals surface area contributed by atoms with Gasteiger partial charge in [0, 0.05) is 24.2 Å². The Kier molecular flexibility index (Phi) is 13.9. The molecule has 0 amide bonds. The van der Waals surface area contributed by atoms with E-state index >= 15 is 0 Å². The van der Waals surface area contributed by atoms with Crippen LogP contribution in [0.5, 0.6) is 0 Å². The quantitative estimate of drug-likeness (QED) is 0.131. The van der Waals surface area contributed by atoms with Crippen LogP contribution in [0, 0.1) is 11.3 Å². The van der Waals surface area contributed by atoms with Crippen LogP contribution in [0.3, 0.4) is 0 Å². The van der Waals surface area contributed by atoms with Gasteiger partial charge in [-0.2, -0.15) is 12.6 Å². The van der Waals surface area contributed by atoms with Gasteiger partial charge in [-0.1, -0.05) is 20.8 Å². The predicted molar refractivity (Wildman–Crippen MR) is 149 cm³/mol. The van der Waals surface area contributed by atoms with Crippen LogP contribution in [0.15, 0.2) is 0 Å². The average molecular weight is 509 g/mol. The van der Waals surface area contributed by atoms with E-state index in [1.54, 1.807) is 0 Å². The van der Waals surface area contributed by atoms with Crippen molar-refractivity contribution in [2.75, 3.05) is 19.8 Å². The third-order valence-corrected chi connectivity index (χ3v) is 6.86. The van der Waals surface area contributed by atoms with E-state index in [4.69, 9.17) is 38.3 Å². The highest BCUT2D eigenvalue weighted by atomic mass is 32.1. The Morgan fingerprint density at radius 1 is 0.788 bits per heavy atom. The maximum atomic E-state index is 6.42. The van der Waals surface area contributed by atoms with Gasteiger partial charge in [-0.25, -0.2) is 0 Å². The van der Waals surface area contributed by atoms with Gasteiger partial charge in [-0.05, 0) is 92.9 Å². The summed E-state index contributed by atoms with van der Waals surface area (Å²) in [6.07, 6.45) is 5.05. The van der Waals surface area contributed by atoms with Gasteiger partial charge < -0.3 is 25.7 Å². The Hall–Kier alpha value is 0.500. The van der Waals surface area contributed by atoms with Crippen LogP contribution in [0.1, 0.15) is 108 Å². The molecule has 7 heteroatoms. The van der Waals surface area contributed by atoms with Crippen molar-refractivity contribution in [1.29, 1.82) is 0 Å². The minimum Gasteiger partial charge on any atom is -0.378 e. The molecule has 0 rings (SSSR count). The summed E-state index contributed by atoms with van der Waals surface area (Å²) in [5.41, 5.74) is 11.4. The Labute approximate surface area is 216 Å². The number of ether oxygens (including phenoxy) is 3. The first-order chi connectivity index (χ1) is 14.7. The predicted octanol–water partition coefficient (Wildman–Crippen LogP) is 6.19. The monoisotopic (exact) mass is 508 g/mol. The maximum Gasteiger partial charge on any atom is 0.108 e. The molecule has 0 aliphatic heterocycles. The fourth-order valence-electron chi connectivity index (χ4n) is 4.22. The third-order valence-electron chi connectivity index (χ3n) is 6.35. The molecule has 5 nitrogen and oxygen atoms in total. The summed E-state index contributed by atoms with van der Waals surface area (Å²) in [5.74, 6) is 0.609. The molecule has 4 atom stereocenters. The van der Waals surface area contributed by atoms with Crippen LogP contribution in [0.25, 0.3) is 0 Å². The van der Waals surface area contributed by atoms with E-state index in [1.807, 2.05) is 20.8 Å². The molecule has 200 valence electrons. The van der Waals surface area contributed by atoms with E-state index in [-0.39, 0.29) is 22.7 Å². The zero-order valence-corrected chi connectivity index (χ0v) is 25.1. The Bertz CT molecular complexity index is 507. The molecule has 0 fully saturated rings. The first kappa shape index (κ1) is 33.5. The summed E-state index contributed by atoms with van der Waals surface area (Å²) in [4.78, 5) is -1.15. The summed E-state index contributed by atoms with van der Waals surface area (Å²) in [6, 6.07) is 0. The maximum absolute atomic E-state index is 6.42. The lowest BCUT2D eigenvalue weighted by Crippen LogP contribution is -2.47. The highest BCUT2D eigenvalue weighted by Crippen LogP contribution is 2.46. The molecule has 0 saturated heterocycles. The van der Waals surface area contributed by atoms with Gasteiger partial charge in [0.15, 0.2) is 0 Å². The zero-order chi connectivity index (χ0) is 26.1. The SMILES string of the molecule is CCC(CC(C)(C)OCCC(C)(N)S)(CC(C)(S)OCCC(C)(C)N)C(C)OCCC(C)C. The fraction of sp³-hybridized carbons (Fsp3) is 1.00. The highest BCUT2D eigenvalue weighted by molar-refractivity contribution is 7.81. The van der Waals surface area contributed by atoms with Gasteiger partial charge in [0.1, 0.15) is 4.93 Å². The Morgan fingerprint density at radius 2 is 1.33 bits per heavy atom. The lowest BCUT2D eigenvalue weighted by Gasteiger charge is -2.47. The molecule has 0 aromatic rings. The lowest BCUT2D eigenvalue weighted by atomic mass is 9.68. The first-order valence-corrected chi connectivity index (χ1v) is 13.5. The van der Waals surface area contributed by atoms with Crippen molar-refractivity contribution >= 4 is 25.3 Å². The van der Waals surface area contributed by atoms with E-state index in [0.29, 0.717) is 25.6 Å². The molecule has 33 heavy (non-hydrogen) atoms. The van der Waals surface area contributed by atoms with Crippen LogP contribution in [-0.2, 0) is 14.2 Å². The highest BCUT2D eigenvalue weighted by Gasteiger charge is 2.45. The molecule has 0 aliphatic carbocycles. The van der Waals surface area contributed by atoms with E-state index < -0.39 is 9.80 Å². The summed E-state index contributed by atoms with van der Waals surface area (Å²) in [5, 5.41) is 0. The summed E-state index contributed by atoms with van der Waals surface area (Å²) in [7, 11) is 0. The molecule has 0 radical (unpaired) electrons. The van der Waals surface area contributed by atoms with Gasteiger partial charge in [-0.15, -0.1) is 12.6 Å². The number of nitrogens with two attached hydrogens (primary N) is 2. The van der Waals surface area contributed by atoms with Crippen LogP contribution >= 0.6 is 25.3 Å². The molecule has 0 aliphatic rings. The molecule has 4 unspecified atom stereocenters. The van der Waals surface area contributed by atoms with Crippen molar-refractivity contribution in [3.63, 3.8) is 0 Å². The first-order valence-electron chi connectivity index (χ1n) is 12.6. The second kappa shape index (κ2) is 13.7. The standard InChI is InChI=1S/C26H56N2O3S2/c1-11-26(21(4)29-15-12-20(2)3,18-23(7,8)30-17-14-24(9,28)32)19-25(10,33)31-16-13-22(5,6)27/h20-21,32-33H,11-19,27-28H2,1-10H3. The van der Waals surface area contributed by atoms with Crippen LogP contribution in [0.4, 0.5) is 0 Å².